The van der Waals surface area contributed by atoms with Crippen LogP contribution in [0.15, 0.2) is 48.5 Å². The molecule has 0 N–H and O–H groups in total. The van der Waals surface area contributed by atoms with E-state index < -0.39 is 0 Å². The van der Waals surface area contributed by atoms with Gasteiger partial charge >= 0.3 is 0 Å². The molecule has 4 nitrogen and oxygen atoms in total. The van der Waals surface area contributed by atoms with E-state index in [4.69, 9.17) is 4.74 Å². The lowest BCUT2D eigenvalue weighted by Gasteiger charge is -2.35. The fourth-order valence-corrected chi connectivity index (χ4v) is 3.07. The summed E-state index contributed by atoms with van der Waals surface area (Å²) in [5, 5.41) is 0. The Labute approximate surface area is 147 Å². The molecule has 2 aromatic rings. The number of benzene rings is 2. The molecule has 132 valence electrons. The molecule has 0 bridgehead atoms. The highest BCUT2D eigenvalue weighted by Gasteiger charge is 2.21. The largest absolute Gasteiger partial charge is 0.497 e. The van der Waals surface area contributed by atoms with Crippen LogP contribution in [0.3, 0.4) is 0 Å². The van der Waals surface area contributed by atoms with Gasteiger partial charge in [-0.3, -0.25) is 9.69 Å². The molecule has 0 atom stereocenters. The highest BCUT2D eigenvalue weighted by atomic mass is 19.1. The molecule has 1 heterocycles. The van der Waals surface area contributed by atoms with Crippen molar-refractivity contribution in [3.63, 3.8) is 0 Å². The summed E-state index contributed by atoms with van der Waals surface area (Å²) in [4.78, 5) is 16.6. The third kappa shape index (κ3) is 4.79. The molecule has 1 aliphatic heterocycles. The zero-order chi connectivity index (χ0) is 17.6. The van der Waals surface area contributed by atoms with E-state index in [2.05, 4.69) is 11.0 Å². The van der Waals surface area contributed by atoms with Gasteiger partial charge in [0.25, 0.3) is 0 Å². The van der Waals surface area contributed by atoms with Gasteiger partial charge in [0.05, 0.1) is 13.5 Å². The van der Waals surface area contributed by atoms with Crippen LogP contribution in [0.25, 0.3) is 0 Å². The summed E-state index contributed by atoms with van der Waals surface area (Å²) in [6, 6.07) is 14.2. The van der Waals surface area contributed by atoms with Gasteiger partial charge in [0.1, 0.15) is 11.6 Å². The third-order valence-corrected chi connectivity index (χ3v) is 4.53. The molecule has 5 heteroatoms. The summed E-state index contributed by atoms with van der Waals surface area (Å²) in [5.74, 6) is 0.695. The summed E-state index contributed by atoms with van der Waals surface area (Å²) < 4.78 is 18.2. The fourth-order valence-electron chi connectivity index (χ4n) is 3.07. The standard InChI is InChI=1S/C20H23FN2O2/c1-25-19-4-2-3-17(13-19)15-22-9-11-23(12-10-22)20(24)14-16-5-7-18(21)8-6-16/h2-8,13H,9-12,14-15H2,1H3. The van der Waals surface area contributed by atoms with E-state index >= 15 is 0 Å². The maximum absolute atomic E-state index is 12.9. The van der Waals surface area contributed by atoms with Crippen LogP contribution in [-0.4, -0.2) is 49.0 Å². The van der Waals surface area contributed by atoms with Crippen LogP contribution in [-0.2, 0) is 17.8 Å². The maximum atomic E-state index is 12.9. The van der Waals surface area contributed by atoms with Crippen molar-refractivity contribution in [3.05, 3.63) is 65.5 Å². The van der Waals surface area contributed by atoms with Gasteiger partial charge in [-0.25, -0.2) is 4.39 Å². The average Bonchev–Trinajstić information content (AvgIpc) is 2.64. The van der Waals surface area contributed by atoms with Crippen molar-refractivity contribution < 1.29 is 13.9 Å². The number of hydrogen-bond donors (Lipinski definition) is 0. The normalized spacial score (nSPS) is 15.2. The number of hydrogen-bond acceptors (Lipinski definition) is 3. The minimum absolute atomic E-state index is 0.104. The molecule has 0 aliphatic carbocycles. The second-order valence-electron chi connectivity index (χ2n) is 6.31. The predicted molar refractivity (Wildman–Crippen MR) is 95.0 cm³/mol. The van der Waals surface area contributed by atoms with Gasteiger partial charge in [-0.05, 0) is 35.4 Å². The summed E-state index contributed by atoms with van der Waals surface area (Å²) in [6.45, 7) is 4.02. The quantitative estimate of drug-likeness (QED) is 0.838. The number of rotatable bonds is 5. The number of piperazine rings is 1. The summed E-state index contributed by atoms with van der Waals surface area (Å²) >= 11 is 0. The SMILES string of the molecule is COc1cccc(CN2CCN(C(=O)Cc3ccc(F)cc3)CC2)c1. The molecule has 0 saturated carbocycles. The van der Waals surface area contributed by atoms with Gasteiger partial charge in [-0.15, -0.1) is 0 Å². The number of halogens is 1. The van der Waals surface area contributed by atoms with Crippen LogP contribution in [0.2, 0.25) is 0 Å². The fraction of sp³-hybridized carbons (Fsp3) is 0.350. The lowest BCUT2D eigenvalue weighted by atomic mass is 10.1. The lowest BCUT2D eigenvalue weighted by Crippen LogP contribution is -2.48. The van der Waals surface area contributed by atoms with Crippen molar-refractivity contribution in [1.82, 2.24) is 9.80 Å². The van der Waals surface area contributed by atoms with Gasteiger partial charge in [-0.2, -0.15) is 0 Å². The monoisotopic (exact) mass is 342 g/mol. The van der Waals surface area contributed by atoms with Crippen molar-refractivity contribution in [2.75, 3.05) is 33.3 Å². The Balaban J connectivity index is 1.49. The molecular weight excluding hydrogens is 319 g/mol. The summed E-state index contributed by atoms with van der Waals surface area (Å²) in [7, 11) is 1.67. The van der Waals surface area contributed by atoms with E-state index in [1.165, 1.54) is 17.7 Å². The third-order valence-electron chi connectivity index (χ3n) is 4.53. The molecule has 3 rings (SSSR count). The number of carbonyl (C=O) groups is 1. The Hall–Kier alpha value is -2.40. The Morgan fingerprint density at radius 1 is 1.04 bits per heavy atom. The van der Waals surface area contributed by atoms with E-state index in [1.54, 1.807) is 19.2 Å². The summed E-state index contributed by atoms with van der Waals surface area (Å²) in [5.41, 5.74) is 2.07. The first-order chi connectivity index (χ1) is 12.1. The molecule has 1 fully saturated rings. The molecule has 2 aromatic carbocycles. The Kier molecular flexibility index (Phi) is 5.66. The van der Waals surface area contributed by atoms with Gasteiger partial charge in [-0.1, -0.05) is 24.3 Å². The second-order valence-corrected chi connectivity index (χ2v) is 6.31. The van der Waals surface area contributed by atoms with Gasteiger partial charge in [0, 0.05) is 32.7 Å². The van der Waals surface area contributed by atoms with Crippen LogP contribution in [0.5, 0.6) is 5.75 Å². The van der Waals surface area contributed by atoms with E-state index in [-0.39, 0.29) is 11.7 Å². The van der Waals surface area contributed by atoms with Crippen LogP contribution >= 0.6 is 0 Å². The Morgan fingerprint density at radius 2 is 1.76 bits per heavy atom. The average molecular weight is 342 g/mol. The number of amides is 1. The first-order valence-corrected chi connectivity index (χ1v) is 8.51. The molecule has 1 aliphatic rings. The first kappa shape index (κ1) is 17.4. The van der Waals surface area contributed by atoms with Crippen molar-refractivity contribution >= 4 is 5.91 Å². The van der Waals surface area contributed by atoms with Crippen molar-refractivity contribution in [2.45, 2.75) is 13.0 Å². The topological polar surface area (TPSA) is 32.8 Å². The zero-order valence-corrected chi connectivity index (χ0v) is 14.5. The number of carbonyl (C=O) groups excluding carboxylic acids is 1. The van der Waals surface area contributed by atoms with Crippen LogP contribution in [0.1, 0.15) is 11.1 Å². The molecule has 0 radical (unpaired) electrons. The molecule has 1 amide bonds. The van der Waals surface area contributed by atoms with E-state index in [0.29, 0.717) is 6.42 Å². The minimum atomic E-state index is -0.276. The minimum Gasteiger partial charge on any atom is -0.497 e. The molecule has 0 unspecified atom stereocenters. The highest BCUT2D eigenvalue weighted by molar-refractivity contribution is 5.78. The van der Waals surface area contributed by atoms with Crippen molar-refractivity contribution in [2.24, 2.45) is 0 Å². The van der Waals surface area contributed by atoms with E-state index in [1.807, 2.05) is 23.1 Å². The number of nitrogens with zero attached hydrogens (tertiary/aromatic N) is 2. The first-order valence-electron chi connectivity index (χ1n) is 8.51. The van der Waals surface area contributed by atoms with E-state index in [9.17, 15) is 9.18 Å². The number of methoxy groups -OCH3 is 1. The molecular formula is C20H23FN2O2. The van der Waals surface area contributed by atoms with Gasteiger partial charge < -0.3 is 9.64 Å². The van der Waals surface area contributed by atoms with Gasteiger partial charge in [0.2, 0.25) is 5.91 Å². The lowest BCUT2D eigenvalue weighted by molar-refractivity contribution is -0.132. The zero-order valence-electron chi connectivity index (χ0n) is 14.5. The molecule has 0 spiro atoms. The predicted octanol–water partition coefficient (Wildman–Crippen LogP) is 2.72. The highest BCUT2D eigenvalue weighted by Crippen LogP contribution is 2.16. The second kappa shape index (κ2) is 8.12. The molecule has 25 heavy (non-hydrogen) atoms. The van der Waals surface area contributed by atoms with Crippen LogP contribution in [0, 0.1) is 5.82 Å². The number of ether oxygens (including phenoxy) is 1. The van der Waals surface area contributed by atoms with Crippen LogP contribution in [0.4, 0.5) is 4.39 Å². The smallest absolute Gasteiger partial charge is 0.227 e. The maximum Gasteiger partial charge on any atom is 0.227 e. The Bertz CT molecular complexity index is 710. The Morgan fingerprint density at radius 3 is 2.44 bits per heavy atom. The molecule has 0 aromatic heterocycles. The van der Waals surface area contributed by atoms with E-state index in [0.717, 1.165) is 44.0 Å². The van der Waals surface area contributed by atoms with Crippen LogP contribution < -0.4 is 4.74 Å². The van der Waals surface area contributed by atoms with Gasteiger partial charge in [0.15, 0.2) is 0 Å². The summed E-state index contributed by atoms with van der Waals surface area (Å²) in [6.07, 6.45) is 0.330. The molecule has 1 saturated heterocycles. The van der Waals surface area contributed by atoms with Crippen molar-refractivity contribution in [1.29, 1.82) is 0 Å². The van der Waals surface area contributed by atoms with Crippen molar-refractivity contribution in [3.8, 4) is 5.75 Å².